The first-order chi connectivity index (χ1) is 6.95. The molecule has 76 valence electrons. The Labute approximate surface area is 84.9 Å². The maximum absolute atomic E-state index is 4.23. The van der Waals surface area contributed by atoms with Crippen LogP contribution in [0.3, 0.4) is 0 Å². The molecule has 0 saturated carbocycles. The van der Waals surface area contributed by atoms with Gasteiger partial charge in [0.05, 0.1) is 0 Å². The summed E-state index contributed by atoms with van der Waals surface area (Å²) in [5.41, 5.74) is 0. The molecule has 1 saturated heterocycles. The Morgan fingerprint density at radius 1 is 1.50 bits per heavy atom. The second-order valence-electron chi connectivity index (χ2n) is 3.81. The normalized spacial score (nSPS) is 21.9. The van der Waals surface area contributed by atoms with Crippen molar-refractivity contribution in [2.75, 3.05) is 25.0 Å². The van der Waals surface area contributed by atoms with Crippen molar-refractivity contribution in [3.63, 3.8) is 0 Å². The predicted molar refractivity (Wildman–Crippen MR) is 58.3 cm³/mol. The first-order valence-electron chi connectivity index (χ1n) is 5.31. The van der Waals surface area contributed by atoms with Crippen LogP contribution in [0.15, 0.2) is 24.4 Å². The summed E-state index contributed by atoms with van der Waals surface area (Å²) in [6, 6.07) is 5.96. The van der Waals surface area contributed by atoms with Gasteiger partial charge in [0.15, 0.2) is 0 Å². The zero-order chi connectivity index (χ0) is 9.64. The van der Waals surface area contributed by atoms with Gasteiger partial charge in [-0.1, -0.05) is 6.07 Å². The third kappa shape index (κ3) is 2.70. The Balaban J connectivity index is 1.76. The Bertz CT molecular complexity index is 254. The van der Waals surface area contributed by atoms with Crippen LogP contribution in [0, 0.1) is 5.92 Å². The number of hydrogen-bond donors (Lipinski definition) is 2. The molecule has 3 nitrogen and oxygen atoms in total. The van der Waals surface area contributed by atoms with E-state index < -0.39 is 0 Å². The zero-order valence-electron chi connectivity index (χ0n) is 8.37. The highest BCUT2D eigenvalue weighted by Gasteiger charge is 2.12. The first kappa shape index (κ1) is 9.46. The third-order valence-corrected chi connectivity index (χ3v) is 2.64. The number of rotatable bonds is 3. The summed E-state index contributed by atoms with van der Waals surface area (Å²) in [4.78, 5) is 4.23. The van der Waals surface area contributed by atoms with Gasteiger partial charge in [0.1, 0.15) is 5.82 Å². The molecular formula is C11H17N3. The molecule has 2 heterocycles. The summed E-state index contributed by atoms with van der Waals surface area (Å²) in [6.07, 6.45) is 4.45. The highest BCUT2D eigenvalue weighted by atomic mass is 15.0. The molecule has 0 amide bonds. The quantitative estimate of drug-likeness (QED) is 0.760. The van der Waals surface area contributed by atoms with E-state index in [0.717, 1.165) is 24.8 Å². The van der Waals surface area contributed by atoms with E-state index in [9.17, 15) is 0 Å². The van der Waals surface area contributed by atoms with Crippen LogP contribution in [-0.2, 0) is 0 Å². The fourth-order valence-corrected chi connectivity index (χ4v) is 1.81. The lowest BCUT2D eigenvalue weighted by Crippen LogP contribution is -2.33. The molecule has 3 heteroatoms. The average molecular weight is 191 g/mol. The molecule has 0 bridgehead atoms. The number of anilines is 1. The lowest BCUT2D eigenvalue weighted by molar-refractivity contribution is 0.392. The molecule has 0 spiro atoms. The van der Waals surface area contributed by atoms with Gasteiger partial charge in [-0.2, -0.15) is 0 Å². The average Bonchev–Trinajstić information content (AvgIpc) is 2.29. The van der Waals surface area contributed by atoms with E-state index in [1.54, 1.807) is 0 Å². The van der Waals surface area contributed by atoms with Crippen molar-refractivity contribution in [3.05, 3.63) is 24.4 Å². The number of pyridine rings is 1. The van der Waals surface area contributed by atoms with Crippen molar-refractivity contribution >= 4 is 5.82 Å². The molecular weight excluding hydrogens is 174 g/mol. The van der Waals surface area contributed by atoms with Gasteiger partial charge >= 0.3 is 0 Å². The first-order valence-corrected chi connectivity index (χ1v) is 5.31. The third-order valence-electron chi connectivity index (χ3n) is 2.64. The van der Waals surface area contributed by atoms with Gasteiger partial charge in [-0.15, -0.1) is 0 Å². The van der Waals surface area contributed by atoms with Crippen LogP contribution in [0.4, 0.5) is 5.82 Å². The van der Waals surface area contributed by atoms with E-state index in [1.807, 2.05) is 24.4 Å². The van der Waals surface area contributed by atoms with Gasteiger partial charge in [-0.05, 0) is 44.0 Å². The summed E-state index contributed by atoms with van der Waals surface area (Å²) in [7, 11) is 0. The molecule has 1 atom stereocenters. The number of piperidine rings is 1. The standard InChI is InChI=1S/C11H17N3/c1-2-7-13-11(5-1)14-9-10-4-3-6-12-8-10/h1-2,5,7,10,12H,3-4,6,8-9H2,(H,13,14)/t10-/m1/s1. The molecule has 1 aliphatic rings. The highest BCUT2D eigenvalue weighted by Crippen LogP contribution is 2.10. The van der Waals surface area contributed by atoms with Crippen molar-refractivity contribution in [3.8, 4) is 0 Å². The topological polar surface area (TPSA) is 37.0 Å². The minimum atomic E-state index is 0.755. The Morgan fingerprint density at radius 3 is 3.21 bits per heavy atom. The Hall–Kier alpha value is -1.09. The fraction of sp³-hybridized carbons (Fsp3) is 0.545. The fourth-order valence-electron chi connectivity index (χ4n) is 1.81. The maximum Gasteiger partial charge on any atom is 0.125 e. The van der Waals surface area contributed by atoms with Gasteiger partial charge in [0.25, 0.3) is 0 Å². The second-order valence-corrected chi connectivity index (χ2v) is 3.81. The van der Waals surface area contributed by atoms with Crippen LogP contribution in [0.2, 0.25) is 0 Å². The molecule has 1 aliphatic heterocycles. The molecule has 0 unspecified atom stereocenters. The van der Waals surface area contributed by atoms with E-state index in [1.165, 1.54) is 19.4 Å². The predicted octanol–water partition coefficient (Wildman–Crippen LogP) is 1.49. The SMILES string of the molecule is c1ccc(NC[C@@H]2CCCNC2)nc1. The lowest BCUT2D eigenvalue weighted by atomic mass is 10.00. The molecule has 2 rings (SSSR count). The maximum atomic E-state index is 4.23. The molecule has 0 aromatic carbocycles. The molecule has 1 aromatic rings. The van der Waals surface area contributed by atoms with Gasteiger partial charge in [0.2, 0.25) is 0 Å². The Morgan fingerprint density at radius 2 is 2.50 bits per heavy atom. The van der Waals surface area contributed by atoms with Crippen LogP contribution in [0.25, 0.3) is 0 Å². The largest absolute Gasteiger partial charge is 0.370 e. The van der Waals surface area contributed by atoms with E-state index in [0.29, 0.717) is 0 Å². The van der Waals surface area contributed by atoms with Crippen molar-refractivity contribution < 1.29 is 0 Å². The number of nitrogens with zero attached hydrogens (tertiary/aromatic N) is 1. The number of hydrogen-bond acceptors (Lipinski definition) is 3. The van der Waals surface area contributed by atoms with Gasteiger partial charge in [-0.3, -0.25) is 0 Å². The minimum absolute atomic E-state index is 0.755. The Kier molecular flexibility index (Phi) is 3.35. The number of aromatic nitrogens is 1. The van der Waals surface area contributed by atoms with E-state index in [2.05, 4.69) is 15.6 Å². The van der Waals surface area contributed by atoms with E-state index >= 15 is 0 Å². The zero-order valence-corrected chi connectivity index (χ0v) is 8.37. The van der Waals surface area contributed by atoms with Gasteiger partial charge in [0, 0.05) is 12.7 Å². The van der Waals surface area contributed by atoms with Crippen molar-refractivity contribution in [2.45, 2.75) is 12.8 Å². The van der Waals surface area contributed by atoms with Crippen LogP contribution in [0.1, 0.15) is 12.8 Å². The summed E-state index contributed by atoms with van der Waals surface area (Å²) < 4.78 is 0. The van der Waals surface area contributed by atoms with E-state index in [4.69, 9.17) is 0 Å². The molecule has 1 fully saturated rings. The van der Waals surface area contributed by atoms with Crippen LogP contribution >= 0.6 is 0 Å². The molecule has 1 aromatic heterocycles. The van der Waals surface area contributed by atoms with Crippen LogP contribution in [0.5, 0.6) is 0 Å². The number of nitrogens with one attached hydrogen (secondary N) is 2. The molecule has 0 radical (unpaired) electrons. The van der Waals surface area contributed by atoms with Crippen LogP contribution < -0.4 is 10.6 Å². The van der Waals surface area contributed by atoms with Crippen LogP contribution in [-0.4, -0.2) is 24.6 Å². The van der Waals surface area contributed by atoms with Gasteiger partial charge in [-0.25, -0.2) is 4.98 Å². The summed E-state index contributed by atoms with van der Waals surface area (Å²) >= 11 is 0. The minimum Gasteiger partial charge on any atom is -0.370 e. The van der Waals surface area contributed by atoms with E-state index in [-0.39, 0.29) is 0 Å². The van der Waals surface area contributed by atoms with Gasteiger partial charge < -0.3 is 10.6 Å². The molecule has 2 N–H and O–H groups in total. The summed E-state index contributed by atoms with van der Waals surface area (Å²) in [5.74, 6) is 1.74. The monoisotopic (exact) mass is 191 g/mol. The summed E-state index contributed by atoms with van der Waals surface area (Å²) in [5, 5.41) is 6.77. The van der Waals surface area contributed by atoms with Crippen molar-refractivity contribution in [2.24, 2.45) is 5.92 Å². The molecule has 14 heavy (non-hydrogen) atoms. The summed E-state index contributed by atoms with van der Waals surface area (Å²) in [6.45, 7) is 3.35. The smallest absolute Gasteiger partial charge is 0.125 e. The highest BCUT2D eigenvalue weighted by molar-refractivity contribution is 5.32. The van der Waals surface area contributed by atoms with Crippen molar-refractivity contribution in [1.82, 2.24) is 10.3 Å². The molecule has 0 aliphatic carbocycles. The van der Waals surface area contributed by atoms with Crippen molar-refractivity contribution in [1.29, 1.82) is 0 Å². The second kappa shape index (κ2) is 4.96. The lowest BCUT2D eigenvalue weighted by Gasteiger charge is -2.22.